The molecule has 1 aliphatic rings. The molecule has 0 aliphatic carbocycles. The van der Waals surface area contributed by atoms with Crippen molar-refractivity contribution in [3.05, 3.63) is 32.5 Å². The molecule has 1 aromatic carbocycles. The highest BCUT2D eigenvalue weighted by atomic mass is 127. The molecule has 0 spiro atoms. The van der Waals surface area contributed by atoms with Crippen molar-refractivity contribution < 1.29 is 49.6 Å². The molecule has 1 aliphatic heterocycles. The fraction of sp³-hybridized carbons (Fsp3) is 0.375. The summed E-state index contributed by atoms with van der Waals surface area (Å²) in [7, 11) is -3.93. The molecule has 0 atom stereocenters. The van der Waals surface area contributed by atoms with Crippen LogP contribution in [0.4, 0.5) is 18.9 Å². The van der Waals surface area contributed by atoms with Gasteiger partial charge in [0.05, 0.1) is 32.1 Å². The number of alkyl halides is 3. The number of rotatable bonds is 5. The number of esters is 2. The number of halogens is 4. The van der Waals surface area contributed by atoms with E-state index >= 15 is 0 Å². The Morgan fingerprint density at radius 2 is 1.77 bits per heavy atom. The minimum absolute atomic E-state index is 0.265. The third-order valence-corrected chi connectivity index (χ3v) is 5.98. The predicted molar refractivity (Wildman–Crippen MR) is 104 cm³/mol. The Labute approximate surface area is 183 Å². The summed E-state index contributed by atoms with van der Waals surface area (Å²) in [6.45, 7) is 0.766. The van der Waals surface area contributed by atoms with Gasteiger partial charge in [0.2, 0.25) is 0 Å². The van der Waals surface area contributed by atoms with Gasteiger partial charge in [0.25, 0.3) is 0 Å². The number of anilines is 1. The Hall–Kier alpha value is -2.07. The van der Waals surface area contributed by atoms with Crippen LogP contribution in [0.2, 0.25) is 0 Å². The number of ether oxygens (including phenoxy) is 3. The lowest BCUT2D eigenvalue weighted by atomic mass is 10.1. The Morgan fingerprint density at radius 1 is 1.17 bits per heavy atom. The van der Waals surface area contributed by atoms with E-state index in [2.05, 4.69) is 13.7 Å². The number of methoxy groups -OCH3 is 2. The maximum Gasteiger partial charge on any atom is 0.534 e. The molecule has 0 saturated carbocycles. The first-order valence-electron chi connectivity index (χ1n) is 7.90. The van der Waals surface area contributed by atoms with Gasteiger partial charge < -0.3 is 23.3 Å². The molecular weight excluding hydrogens is 550 g/mol. The van der Waals surface area contributed by atoms with Crippen LogP contribution in [-0.4, -0.2) is 53.4 Å². The number of benzene rings is 1. The number of carbonyl (C=O) groups excluding carboxylic acids is 2. The minimum Gasteiger partial charge on any atom is -0.466 e. The molecule has 0 N–H and O–H groups in total. The van der Waals surface area contributed by atoms with Gasteiger partial charge in [-0.1, -0.05) is 0 Å². The second kappa shape index (κ2) is 8.97. The minimum atomic E-state index is -6.01. The molecule has 0 amide bonds. The highest BCUT2D eigenvalue weighted by molar-refractivity contribution is 14.1. The Kier molecular flexibility index (Phi) is 7.24. The van der Waals surface area contributed by atoms with Crippen LogP contribution in [0.15, 0.2) is 23.4 Å². The van der Waals surface area contributed by atoms with Crippen molar-refractivity contribution in [3.8, 4) is 5.75 Å². The first kappa shape index (κ1) is 24.2. The summed E-state index contributed by atoms with van der Waals surface area (Å²) >= 11 is 1.86. The molecule has 166 valence electrons. The molecule has 0 bridgehead atoms. The monoisotopic (exact) mass is 565 g/mol. The van der Waals surface area contributed by atoms with E-state index in [-0.39, 0.29) is 23.6 Å². The lowest BCUT2D eigenvalue weighted by molar-refractivity contribution is -0.140. The molecule has 0 saturated heterocycles. The van der Waals surface area contributed by atoms with Crippen LogP contribution in [0.1, 0.15) is 5.56 Å². The number of hydrogen-bond donors (Lipinski definition) is 0. The van der Waals surface area contributed by atoms with Crippen LogP contribution in [-0.2, 0) is 33.9 Å². The number of nitrogens with zero attached hydrogens (tertiary/aromatic N) is 1. The van der Waals surface area contributed by atoms with Crippen LogP contribution in [0.25, 0.3) is 0 Å². The zero-order valence-electron chi connectivity index (χ0n) is 15.7. The fourth-order valence-corrected chi connectivity index (χ4v) is 3.34. The third-order valence-electron chi connectivity index (χ3n) is 3.85. The third kappa shape index (κ3) is 4.80. The van der Waals surface area contributed by atoms with E-state index in [0.29, 0.717) is 9.13 Å². The molecule has 0 fully saturated rings. The normalized spacial score (nSPS) is 15.1. The van der Waals surface area contributed by atoms with Crippen molar-refractivity contribution in [1.82, 2.24) is 0 Å². The molecule has 9 nitrogen and oxygen atoms in total. The quantitative estimate of drug-likeness (QED) is 0.230. The topological polar surface area (TPSA) is 108 Å². The SMILES string of the molecule is COC(=O)C1=C(C(=O)OC)N(c2cc(I)c(C)cc2OS(=O)(=O)C(F)(F)F)COC1. The van der Waals surface area contributed by atoms with Crippen LogP contribution in [0.3, 0.4) is 0 Å². The molecule has 2 rings (SSSR count). The van der Waals surface area contributed by atoms with Gasteiger partial charge >= 0.3 is 27.6 Å². The largest absolute Gasteiger partial charge is 0.534 e. The molecule has 1 heterocycles. The highest BCUT2D eigenvalue weighted by Gasteiger charge is 2.49. The van der Waals surface area contributed by atoms with Gasteiger partial charge in [-0.3, -0.25) is 0 Å². The smallest absolute Gasteiger partial charge is 0.466 e. The van der Waals surface area contributed by atoms with Crippen molar-refractivity contribution in [2.75, 3.05) is 32.5 Å². The Morgan fingerprint density at radius 3 is 2.30 bits per heavy atom. The van der Waals surface area contributed by atoms with Crippen molar-refractivity contribution in [1.29, 1.82) is 0 Å². The van der Waals surface area contributed by atoms with Crippen LogP contribution >= 0.6 is 22.6 Å². The van der Waals surface area contributed by atoms with Gasteiger partial charge in [0, 0.05) is 3.57 Å². The number of aryl methyl sites for hydroxylation is 1. The van der Waals surface area contributed by atoms with E-state index in [9.17, 15) is 31.2 Å². The van der Waals surface area contributed by atoms with Crippen LogP contribution in [0, 0.1) is 10.5 Å². The van der Waals surface area contributed by atoms with Crippen LogP contribution < -0.4 is 9.08 Å². The first-order valence-corrected chi connectivity index (χ1v) is 10.4. The molecule has 0 unspecified atom stereocenters. The highest BCUT2D eigenvalue weighted by Crippen LogP contribution is 2.39. The van der Waals surface area contributed by atoms with Gasteiger partial charge in [-0.2, -0.15) is 21.6 Å². The summed E-state index contributed by atoms with van der Waals surface area (Å²) in [5, 5.41) is 0. The molecular formula is C16H15F3INO8S. The van der Waals surface area contributed by atoms with Gasteiger partial charge in [0.1, 0.15) is 12.4 Å². The molecule has 0 aromatic heterocycles. The lowest BCUT2D eigenvalue weighted by Crippen LogP contribution is -2.39. The number of hydrogen-bond acceptors (Lipinski definition) is 9. The van der Waals surface area contributed by atoms with Gasteiger partial charge in [-0.25, -0.2) is 9.59 Å². The van der Waals surface area contributed by atoms with Crippen molar-refractivity contribution in [2.24, 2.45) is 0 Å². The Balaban J connectivity index is 2.73. The maximum atomic E-state index is 12.8. The fourth-order valence-electron chi connectivity index (χ4n) is 2.42. The second-order valence-electron chi connectivity index (χ2n) is 5.77. The number of carbonyl (C=O) groups is 2. The standard InChI is InChI=1S/C16H15F3INO8S/c1-8-4-12(29-30(24,25)16(17,18)19)11(5-10(8)20)21-7-28-6-9(14(22)26-2)13(21)15(23)27-3/h4-5H,6-7H2,1-3H3. The zero-order valence-corrected chi connectivity index (χ0v) is 18.7. The summed E-state index contributed by atoms with van der Waals surface area (Å²) in [6.07, 6.45) is 0. The van der Waals surface area contributed by atoms with Crippen LogP contribution in [0.5, 0.6) is 5.75 Å². The van der Waals surface area contributed by atoms with Gasteiger partial charge in [-0.15, -0.1) is 0 Å². The zero-order chi connectivity index (χ0) is 22.9. The first-order chi connectivity index (χ1) is 13.8. The molecule has 14 heteroatoms. The lowest BCUT2D eigenvalue weighted by Gasteiger charge is -2.32. The van der Waals surface area contributed by atoms with Gasteiger partial charge in [-0.05, 0) is 47.2 Å². The average molecular weight is 565 g/mol. The average Bonchev–Trinajstić information content (AvgIpc) is 2.67. The maximum absolute atomic E-state index is 12.8. The summed E-state index contributed by atoms with van der Waals surface area (Å²) in [6, 6.07) is 2.34. The predicted octanol–water partition coefficient (Wildman–Crippen LogP) is 2.22. The van der Waals surface area contributed by atoms with E-state index in [0.717, 1.165) is 25.2 Å². The second-order valence-corrected chi connectivity index (χ2v) is 8.47. The van der Waals surface area contributed by atoms with Crippen molar-refractivity contribution >= 4 is 50.3 Å². The summed E-state index contributed by atoms with van der Waals surface area (Å²) in [4.78, 5) is 25.4. The summed E-state index contributed by atoms with van der Waals surface area (Å²) in [5.74, 6) is -2.67. The van der Waals surface area contributed by atoms with E-state index in [1.807, 2.05) is 22.6 Å². The molecule has 1 aromatic rings. The molecule has 0 radical (unpaired) electrons. The van der Waals surface area contributed by atoms with E-state index in [4.69, 9.17) is 4.74 Å². The van der Waals surface area contributed by atoms with Gasteiger partial charge in [0.15, 0.2) is 5.75 Å². The van der Waals surface area contributed by atoms with Crippen molar-refractivity contribution in [2.45, 2.75) is 12.4 Å². The molecule has 30 heavy (non-hydrogen) atoms. The van der Waals surface area contributed by atoms with E-state index in [1.165, 1.54) is 13.0 Å². The van der Waals surface area contributed by atoms with E-state index in [1.54, 1.807) is 0 Å². The summed E-state index contributed by atoms with van der Waals surface area (Å²) in [5.41, 5.74) is -6.20. The summed E-state index contributed by atoms with van der Waals surface area (Å²) < 4.78 is 81.0. The Bertz CT molecular complexity index is 1010. The van der Waals surface area contributed by atoms with E-state index < -0.39 is 40.0 Å². The van der Waals surface area contributed by atoms with Crippen molar-refractivity contribution in [3.63, 3.8) is 0 Å².